The lowest BCUT2D eigenvalue weighted by atomic mass is 10.1. The molecule has 0 atom stereocenters. The first-order valence-electron chi connectivity index (χ1n) is 5.79. The fourth-order valence-electron chi connectivity index (χ4n) is 1.53. The Morgan fingerprint density at radius 3 is 2.12 bits per heavy atom. The van der Waals surface area contributed by atoms with Crippen LogP contribution in [0, 0.1) is 0 Å². The molecule has 0 aliphatic rings. The Balaban J connectivity index is 3.09. The van der Waals surface area contributed by atoms with E-state index in [1.165, 1.54) is 13.8 Å². The molecule has 0 fully saturated rings. The van der Waals surface area contributed by atoms with E-state index in [1.807, 2.05) is 12.1 Å². The van der Waals surface area contributed by atoms with Gasteiger partial charge in [-0.2, -0.15) is 0 Å². The smallest absolute Gasteiger partial charge is 0.185 e. The molecule has 4 heteroatoms. The van der Waals surface area contributed by atoms with Crippen molar-refractivity contribution in [1.82, 2.24) is 0 Å². The van der Waals surface area contributed by atoms with Crippen molar-refractivity contribution in [3.63, 3.8) is 0 Å². The summed E-state index contributed by atoms with van der Waals surface area (Å²) in [5, 5.41) is 9.15. The number of sulfone groups is 1. The Morgan fingerprint density at radius 1 is 1.18 bits per heavy atom. The first kappa shape index (κ1) is 14.2. The Labute approximate surface area is 103 Å². The molecule has 0 aliphatic heterocycles. The van der Waals surface area contributed by atoms with Crippen LogP contribution in [0.15, 0.2) is 29.2 Å². The van der Waals surface area contributed by atoms with Crippen LogP contribution in [0.3, 0.4) is 0 Å². The van der Waals surface area contributed by atoms with Gasteiger partial charge in [0.15, 0.2) is 9.84 Å². The van der Waals surface area contributed by atoms with E-state index in [4.69, 9.17) is 5.11 Å². The Hall–Kier alpha value is -0.870. The van der Waals surface area contributed by atoms with E-state index in [9.17, 15) is 8.42 Å². The van der Waals surface area contributed by atoms with E-state index in [0.29, 0.717) is 0 Å². The number of aliphatic hydroxyl groups excluding tert-OH is 1. The second-order valence-electron chi connectivity index (χ2n) is 4.82. The number of aryl methyl sites for hydroxylation is 1. The second kappa shape index (κ2) is 5.19. The van der Waals surface area contributed by atoms with Gasteiger partial charge in [-0.3, -0.25) is 0 Å². The van der Waals surface area contributed by atoms with Crippen LogP contribution in [-0.4, -0.2) is 24.9 Å². The van der Waals surface area contributed by atoms with Crippen LogP contribution in [0.5, 0.6) is 0 Å². The van der Waals surface area contributed by atoms with Gasteiger partial charge >= 0.3 is 0 Å². The highest BCUT2D eigenvalue weighted by Gasteiger charge is 2.34. The van der Waals surface area contributed by atoms with Gasteiger partial charge in [-0.1, -0.05) is 25.5 Å². The number of hydrogen-bond donors (Lipinski definition) is 1. The molecule has 1 rings (SSSR count). The van der Waals surface area contributed by atoms with Crippen molar-refractivity contribution < 1.29 is 13.5 Å². The molecule has 0 aliphatic carbocycles. The normalized spacial score (nSPS) is 12.7. The molecule has 0 bridgehead atoms. The van der Waals surface area contributed by atoms with E-state index in [1.54, 1.807) is 12.1 Å². The maximum atomic E-state index is 12.2. The van der Waals surface area contributed by atoms with Gasteiger partial charge in [-0.25, -0.2) is 8.42 Å². The molecule has 0 aromatic heterocycles. The molecule has 96 valence electrons. The van der Waals surface area contributed by atoms with Crippen molar-refractivity contribution >= 4 is 9.84 Å². The van der Waals surface area contributed by atoms with Gasteiger partial charge in [-0.15, -0.1) is 0 Å². The van der Waals surface area contributed by atoms with E-state index in [2.05, 4.69) is 6.92 Å². The monoisotopic (exact) mass is 256 g/mol. The molecular weight excluding hydrogens is 236 g/mol. The highest BCUT2D eigenvalue weighted by Crippen LogP contribution is 2.25. The van der Waals surface area contributed by atoms with Gasteiger partial charge in [-0.05, 0) is 38.0 Å². The highest BCUT2D eigenvalue weighted by atomic mass is 32.2. The lowest BCUT2D eigenvalue weighted by Crippen LogP contribution is -2.35. The summed E-state index contributed by atoms with van der Waals surface area (Å²) in [7, 11) is -3.47. The quantitative estimate of drug-likeness (QED) is 0.878. The van der Waals surface area contributed by atoms with Gasteiger partial charge in [0.2, 0.25) is 0 Å². The van der Waals surface area contributed by atoms with Gasteiger partial charge in [0, 0.05) is 0 Å². The third-order valence-corrected chi connectivity index (χ3v) is 5.36. The van der Waals surface area contributed by atoms with Crippen molar-refractivity contribution in [2.24, 2.45) is 0 Å². The summed E-state index contributed by atoms with van der Waals surface area (Å²) in [6.07, 6.45) is 1.98. The molecule has 0 amide bonds. The average molecular weight is 256 g/mol. The van der Waals surface area contributed by atoms with Crippen molar-refractivity contribution in [2.45, 2.75) is 43.3 Å². The van der Waals surface area contributed by atoms with E-state index < -0.39 is 14.6 Å². The lowest BCUT2D eigenvalue weighted by molar-refractivity contribution is 0.258. The predicted octanol–water partition coefficient (Wildman–Crippen LogP) is 2.18. The summed E-state index contributed by atoms with van der Waals surface area (Å²) >= 11 is 0. The average Bonchev–Trinajstić information content (AvgIpc) is 2.30. The van der Waals surface area contributed by atoms with Crippen LogP contribution in [0.2, 0.25) is 0 Å². The molecule has 0 radical (unpaired) electrons. The van der Waals surface area contributed by atoms with Gasteiger partial charge < -0.3 is 5.11 Å². The van der Waals surface area contributed by atoms with Crippen LogP contribution in [-0.2, 0) is 16.3 Å². The minimum absolute atomic E-state index is 0.274. The Kier molecular flexibility index (Phi) is 4.33. The molecule has 0 unspecified atom stereocenters. The van der Waals surface area contributed by atoms with Crippen molar-refractivity contribution in [3.8, 4) is 0 Å². The molecule has 1 aromatic rings. The molecule has 1 N–H and O–H groups in total. The van der Waals surface area contributed by atoms with E-state index >= 15 is 0 Å². The van der Waals surface area contributed by atoms with Crippen LogP contribution < -0.4 is 0 Å². The summed E-state index contributed by atoms with van der Waals surface area (Å²) in [6, 6.07) is 6.92. The fraction of sp³-hybridized carbons (Fsp3) is 0.538. The Bertz CT molecular complexity index is 458. The molecule has 0 saturated carbocycles. The zero-order valence-electron chi connectivity index (χ0n) is 10.6. The van der Waals surface area contributed by atoms with Gasteiger partial charge in [0.25, 0.3) is 0 Å². The maximum Gasteiger partial charge on any atom is 0.185 e. The van der Waals surface area contributed by atoms with Crippen molar-refractivity contribution in [1.29, 1.82) is 0 Å². The summed E-state index contributed by atoms with van der Waals surface area (Å²) in [4.78, 5) is 0.274. The molecule has 3 nitrogen and oxygen atoms in total. The van der Waals surface area contributed by atoms with Crippen LogP contribution in [0.4, 0.5) is 0 Å². The van der Waals surface area contributed by atoms with Crippen LogP contribution >= 0.6 is 0 Å². The molecule has 0 saturated heterocycles. The van der Waals surface area contributed by atoms with Crippen molar-refractivity contribution in [2.75, 3.05) is 6.61 Å². The Morgan fingerprint density at radius 2 is 1.71 bits per heavy atom. The summed E-state index contributed by atoms with van der Waals surface area (Å²) in [5.41, 5.74) is 1.13. The summed E-state index contributed by atoms with van der Waals surface area (Å²) in [6.45, 7) is 4.76. The van der Waals surface area contributed by atoms with Gasteiger partial charge in [0.1, 0.15) is 0 Å². The number of hydrogen-bond acceptors (Lipinski definition) is 3. The second-order valence-corrected chi connectivity index (χ2v) is 7.40. The minimum Gasteiger partial charge on any atom is -0.395 e. The first-order valence-corrected chi connectivity index (χ1v) is 7.28. The highest BCUT2D eigenvalue weighted by molar-refractivity contribution is 7.92. The number of rotatable bonds is 5. The third-order valence-electron chi connectivity index (χ3n) is 2.88. The number of benzene rings is 1. The first-order chi connectivity index (χ1) is 7.85. The molecule has 0 spiro atoms. The molecule has 1 aromatic carbocycles. The topological polar surface area (TPSA) is 54.4 Å². The zero-order valence-corrected chi connectivity index (χ0v) is 11.4. The maximum absolute atomic E-state index is 12.2. The largest absolute Gasteiger partial charge is 0.395 e. The van der Waals surface area contributed by atoms with Crippen LogP contribution in [0.1, 0.15) is 32.8 Å². The van der Waals surface area contributed by atoms with E-state index in [0.717, 1.165) is 18.4 Å². The minimum atomic E-state index is -3.47. The molecule has 17 heavy (non-hydrogen) atoms. The van der Waals surface area contributed by atoms with Crippen LogP contribution in [0.25, 0.3) is 0 Å². The molecule has 0 heterocycles. The lowest BCUT2D eigenvalue weighted by Gasteiger charge is -2.22. The zero-order chi connectivity index (χ0) is 13.1. The predicted molar refractivity (Wildman–Crippen MR) is 68.8 cm³/mol. The van der Waals surface area contributed by atoms with Crippen molar-refractivity contribution in [3.05, 3.63) is 29.8 Å². The number of aliphatic hydroxyl groups is 1. The standard InChI is InChI=1S/C13H20O3S/c1-4-5-11-6-8-12(9-7-11)17(15,16)13(2,3)10-14/h6-9,14H,4-5,10H2,1-3H3. The summed E-state index contributed by atoms with van der Waals surface area (Å²) < 4.78 is 23.2. The van der Waals surface area contributed by atoms with E-state index in [-0.39, 0.29) is 11.5 Å². The third kappa shape index (κ3) is 2.87. The van der Waals surface area contributed by atoms with Gasteiger partial charge in [0.05, 0.1) is 16.2 Å². The fourth-order valence-corrected chi connectivity index (χ4v) is 2.83. The molecular formula is C13H20O3S. The SMILES string of the molecule is CCCc1ccc(S(=O)(=O)C(C)(C)CO)cc1. The summed E-state index contributed by atoms with van der Waals surface area (Å²) in [5.74, 6) is 0.